The van der Waals surface area contributed by atoms with Crippen LogP contribution in [-0.2, 0) is 4.79 Å². The summed E-state index contributed by atoms with van der Waals surface area (Å²) in [5.41, 5.74) is 11.3. The van der Waals surface area contributed by atoms with Crippen molar-refractivity contribution in [2.45, 2.75) is 39.2 Å². The lowest BCUT2D eigenvalue weighted by atomic mass is 9.62. The fourth-order valence-corrected chi connectivity index (χ4v) is 2.06. The number of amides is 1. The van der Waals surface area contributed by atoms with E-state index in [0.717, 1.165) is 12.8 Å². The maximum Gasteiger partial charge on any atom is 0.218 e. The largest absolute Gasteiger partial charge is 0.370 e. The highest BCUT2D eigenvalue weighted by Gasteiger charge is 2.39. The van der Waals surface area contributed by atoms with Gasteiger partial charge in [-0.2, -0.15) is 0 Å². The van der Waals surface area contributed by atoms with Crippen LogP contribution in [0.25, 0.3) is 0 Å². The Labute approximate surface area is 73.5 Å². The normalized spacial score (nSPS) is 24.6. The maximum absolute atomic E-state index is 10.6. The summed E-state index contributed by atoms with van der Waals surface area (Å²) in [7, 11) is 0. The molecule has 0 heterocycles. The van der Waals surface area contributed by atoms with Crippen LogP contribution in [0.4, 0.5) is 0 Å². The molecular weight excluding hydrogens is 152 g/mol. The molecule has 4 N–H and O–H groups in total. The zero-order chi connectivity index (χ0) is 9.35. The predicted molar refractivity (Wildman–Crippen MR) is 48.3 cm³/mol. The van der Waals surface area contributed by atoms with Crippen LogP contribution in [0, 0.1) is 11.3 Å². The summed E-state index contributed by atoms with van der Waals surface area (Å²) < 4.78 is 0. The molecule has 1 aliphatic rings. The molecule has 1 fully saturated rings. The minimum Gasteiger partial charge on any atom is -0.370 e. The fraction of sp³-hybridized carbons (Fsp3) is 0.889. The minimum atomic E-state index is -0.285. The number of nitrogens with two attached hydrogens (primary N) is 2. The second kappa shape index (κ2) is 3.05. The minimum absolute atomic E-state index is 0.0180. The molecular formula is C9H18N2O. The van der Waals surface area contributed by atoms with Gasteiger partial charge in [-0.05, 0) is 24.2 Å². The van der Waals surface area contributed by atoms with Crippen LogP contribution in [0.5, 0.6) is 0 Å². The second-order valence-corrected chi connectivity index (χ2v) is 4.67. The highest BCUT2D eigenvalue weighted by atomic mass is 16.1. The van der Waals surface area contributed by atoms with Gasteiger partial charge in [-0.1, -0.05) is 13.8 Å². The molecule has 0 aromatic heterocycles. The van der Waals surface area contributed by atoms with Gasteiger partial charge in [-0.25, -0.2) is 0 Å². The summed E-state index contributed by atoms with van der Waals surface area (Å²) in [5, 5.41) is 0. The standard InChI is InChI=1S/C9H18N2O/c1-9(2)4-6(5-9)7(10)3-8(11)12/h6-7H,3-5,10H2,1-2H3,(H2,11,12)/t7-/m1/s1. The Bertz CT molecular complexity index is 181. The number of rotatable bonds is 3. The summed E-state index contributed by atoms with van der Waals surface area (Å²) in [4.78, 5) is 10.6. The molecule has 1 amide bonds. The molecule has 70 valence electrons. The van der Waals surface area contributed by atoms with Crippen LogP contribution in [0.1, 0.15) is 33.1 Å². The van der Waals surface area contributed by atoms with Crippen LogP contribution < -0.4 is 11.5 Å². The van der Waals surface area contributed by atoms with Crippen molar-refractivity contribution in [1.29, 1.82) is 0 Å². The molecule has 0 radical (unpaired) electrons. The lowest BCUT2D eigenvalue weighted by Crippen LogP contribution is -2.45. The number of hydrogen-bond donors (Lipinski definition) is 2. The Kier molecular flexibility index (Phi) is 2.42. The van der Waals surface area contributed by atoms with Crippen LogP contribution in [0.2, 0.25) is 0 Å². The van der Waals surface area contributed by atoms with E-state index >= 15 is 0 Å². The van der Waals surface area contributed by atoms with Gasteiger partial charge in [-0.3, -0.25) is 4.79 Å². The Morgan fingerprint density at radius 2 is 2.08 bits per heavy atom. The number of carbonyl (C=O) groups excluding carboxylic acids is 1. The van der Waals surface area contributed by atoms with Gasteiger partial charge in [-0.15, -0.1) is 0 Å². The number of hydrogen-bond acceptors (Lipinski definition) is 2. The molecule has 1 saturated carbocycles. The number of primary amides is 1. The first-order valence-electron chi connectivity index (χ1n) is 4.44. The van der Waals surface area contributed by atoms with Crippen LogP contribution in [0.3, 0.4) is 0 Å². The first kappa shape index (κ1) is 9.52. The molecule has 0 spiro atoms. The molecule has 0 aliphatic heterocycles. The Balaban J connectivity index is 2.28. The predicted octanol–water partition coefficient (Wildman–Crippen LogP) is 0.625. The molecule has 0 bridgehead atoms. The van der Waals surface area contributed by atoms with Gasteiger partial charge in [0.1, 0.15) is 0 Å². The second-order valence-electron chi connectivity index (χ2n) is 4.67. The maximum atomic E-state index is 10.6. The Morgan fingerprint density at radius 3 is 2.42 bits per heavy atom. The van der Waals surface area contributed by atoms with E-state index in [-0.39, 0.29) is 11.9 Å². The van der Waals surface area contributed by atoms with Crippen molar-refractivity contribution in [3.63, 3.8) is 0 Å². The van der Waals surface area contributed by atoms with Crippen molar-refractivity contribution < 1.29 is 4.79 Å². The zero-order valence-corrected chi connectivity index (χ0v) is 7.84. The molecule has 1 atom stereocenters. The van der Waals surface area contributed by atoms with Gasteiger partial charge < -0.3 is 11.5 Å². The average Bonchev–Trinajstić information content (AvgIpc) is 1.80. The fourth-order valence-electron chi connectivity index (χ4n) is 2.06. The van der Waals surface area contributed by atoms with Crippen LogP contribution >= 0.6 is 0 Å². The van der Waals surface area contributed by atoms with E-state index in [1.54, 1.807) is 0 Å². The Hall–Kier alpha value is -0.570. The molecule has 1 aliphatic carbocycles. The average molecular weight is 170 g/mol. The molecule has 0 aromatic rings. The topological polar surface area (TPSA) is 69.1 Å². The third-order valence-electron chi connectivity index (χ3n) is 2.67. The van der Waals surface area contributed by atoms with Crippen molar-refractivity contribution in [3.8, 4) is 0 Å². The third kappa shape index (κ3) is 2.21. The first-order valence-corrected chi connectivity index (χ1v) is 4.44. The van der Waals surface area contributed by atoms with E-state index in [1.807, 2.05) is 0 Å². The quantitative estimate of drug-likeness (QED) is 0.652. The van der Waals surface area contributed by atoms with E-state index in [9.17, 15) is 4.79 Å². The molecule has 0 saturated heterocycles. The Morgan fingerprint density at radius 1 is 1.58 bits per heavy atom. The highest BCUT2D eigenvalue weighted by Crippen LogP contribution is 2.46. The summed E-state index contributed by atoms with van der Waals surface area (Å²) >= 11 is 0. The zero-order valence-electron chi connectivity index (χ0n) is 7.84. The van der Waals surface area contributed by atoms with Crippen LogP contribution in [-0.4, -0.2) is 11.9 Å². The van der Waals surface area contributed by atoms with Crippen molar-refractivity contribution >= 4 is 5.91 Å². The summed E-state index contributed by atoms with van der Waals surface area (Å²) in [6, 6.07) is -0.0180. The smallest absolute Gasteiger partial charge is 0.218 e. The van der Waals surface area contributed by atoms with E-state index in [2.05, 4.69) is 13.8 Å². The third-order valence-corrected chi connectivity index (χ3v) is 2.67. The molecule has 0 unspecified atom stereocenters. The van der Waals surface area contributed by atoms with Gasteiger partial charge in [0, 0.05) is 12.5 Å². The molecule has 3 heteroatoms. The van der Waals surface area contributed by atoms with Crippen molar-refractivity contribution in [3.05, 3.63) is 0 Å². The van der Waals surface area contributed by atoms with Gasteiger partial charge in [0.15, 0.2) is 0 Å². The first-order chi connectivity index (χ1) is 5.41. The van der Waals surface area contributed by atoms with Crippen molar-refractivity contribution in [2.75, 3.05) is 0 Å². The lowest BCUT2D eigenvalue weighted by molar-refractivity contribution is -0.119. The molecule has 3 nitrogen and oxygen atoms in total. The van der Waals surface area contributed by atoms with E-state index in [4.69, 9.17) is 11.5 Å². The van der Waals surface area contributed by atoms with Crippen LogP contribution in [0.15, 0.2) is 0 Å². The van der Waals surface area contributed by atoms with Gasteiger partial charge in [0.2, 0.25) is 5.91 Å². The van der Waals surface area contributed by atoms with Gasteiger partial charge >= 0.3 is 0 Å². The van der Waals surface area contributed by atoms with E-state index < -0.39 is 0 Å². The SMILES string of the molecule is CC1(C)CC([C@H](N)CC(N)=O)C1. The monoisotopic (exact) mass is 170 g/mol. The highest BCUT2D eigenvalue weighted by molar-refractivity contribution is 5.74. The van der Waals surface area contributed by atoms with Crippen molar-refractivity contribution in [2.24, 2.45) is 22.8 Å². The molecule has 12 heavy (non-hydrogen) atoms. The molecule has 0 aromatic carbocycles. The van der Waals surface area contributed by atoms with Gasteiger partial charge in [0.05, 0.1) is 0 Å². The molecule has 1 rings (SSSR count). The lowest BCUT2D eigenvalue weighted by Gasteiger charge is -2.45. The summed E-state index contributed by atoms with van der Waals surface area (Å²) in [5.74, 6) is 0.222. The van der Waals surface area contributed by atoms with Crippen molar-refractivity contribution in [1.82, 2.24) is 0 Å². The van der Waals surface area contributed by atoms with Gasteiger partial charge in [0.25, 0.3) is 0 Å². The summed E-state index contributed by atoms with van der Waals surface area (Å²) in [6.07, 6.45) is 2.59. The summed E-state index contributed by atoms with van der Waals surface area (Å²) in [6.45, 7) is 4.45. The van der Waals surface area contributed by atoms with E-state index in [1.165, 1.54) is 0 Å². The van der Waals surface area contributed by atoms with E-state index in [0.29, 0.717) is 17.8 Å². The number of carbonyl (C=O) groups is 1.